The van der Waals surface area contributed by atoms with Crippen LogP contribution in [-0.4, -0.2) is 36.1 Å². The maximum absolute atomic E-state index is 13.2. The number of ether oxygens (including phenoxy) is 1. The van der Waals surface area contributed by atoms with E-state index < -0.39 is 23.6 Å². The highest BCUT2D eigenvalue weighted by atomic mass is 19.4. The number of nitrogens with one attached hydrogen (secondary N) is 1. The number of rotatable bonds is 6. The van der Waals surface area contributed by atoms with Crippen LogP contribution in [0.25, 0.3) is 0 Å². The fraction of sp³-hybridized carbons (Fsp3) is 0.538. The Labute approximate surface area is 113 Å². The number of hydrogen-bond donors (Lipinski definition) is 2. The van der Waals surface area contributed by atoms with E-state index in [0.717, 1.165) is 0 Å². The number of hydrogen-bond acceptors (Lipinski definition) is 3. The molecule has 2 rings (SSSR count). The molecule has 0 aliphatic heterocycles. The first-order valence-corrected chi connectivity index (χ1v) is 6.21. The van der Waals surface area contributed by atoms with Crippen LogP contribution in [-0.2, 0) is 0 Å². The lowest BCUT2D eigenvalue weighted by Gasteiger charge is -2.22. The van der Waals surface area contributed by atoms with Gasteiger partial charge in [-0.25, -0.2) is 4.39 Å². The zero-order valence-corrected chi connectivity index (χ0v) is 10.6. The summed E-state index contributed by atoms with van der Waals surface area (Å²) in [6.07, 6.45) is -5.44. The number of β-amino-alcohol motifs (C(OH)–C–C–N with tert-alkyl or cyclic N) is 1. The van der Waals surface area contributed by atoms with E-state index in [0.29, 0.717) is 0 Å². The number of alkyl halides is 3. The summed E-state index contributed by atoms with van der Waals surface area (Å²) in [5.41, 5.74) is -1.87. The van der Waals surface area contributed by atoms with Gasteiger partial charge in [0.05, 0.1) is 0 Å². The van der Waals surface area contributed by atoms with Gasteiger partial charge in [0, 0.05) is 6.54 Å². The number of aliphatic hydroxyl groups is 1. The lowest BCUT2D eigenvalue weighted by atomic mass is 10.2. The van der Waals surface area contributed by atoms with Crippen molar-refractivity contribution in [2.24, 2.45) is 0 Å². The van der Waals surface area contributed by atoms with Gasteiger partial charge < -0.3 is 15.2 Å². The number of aliphatic hydroxyl groups excluding tert-OH is 1. The Morgan fingerprint density at radius 3 is 2.50 bits per heavy atom. The van der Waals surface area contributed by atoms with E-state index in [2.05, 4.69) is 5.32 Å². The maximum atomic E-state index is 13.2. The van der Waals surface area contributed by atoms with Crippen LogP contribution in [0.3, 0.4) is 0 Å². The fourth-order valence-electron chi connectivity index (χ4n) is 1.81. The average molecular weight is 293 g/mol. The van der Waals surface area contributed by atoms with Gasteiger partial charge in [0.25, 0.3) is 0 Å². The zero-order valence-electron chi connectivity index (χ0n) is 10.6. The smallest absolute Gasteiger partial charge is 0.406 e. The van der Waals surface area contributed by atoms with Crippen molar-refractivity contribution in [3.05, 3.63) is 30.1 Å². The Bertz CT molecular complexity index is 460. The zero-order chi connectivity index (χ0) is 14.8. The van der Waals surface area contributed by atoms with E-state index >= 15 is 0 Å². The van der Waals surface area contributed by atoms with Crippen LogP contribution in [0.15, 0.2) is 24.3 Å². The molecule has 0 bridgehead atoms. The standard InChI is InChI=1S/C13H15F4NO2/c14-10-3-1-2-4-11(10)20-8-9(19)7-18-12(5-6-12)13(15,16)17/h1-4,9,18-19H,5-8H2. The van der Waals surface area contributed by atoms with Crippen molar-refractivity contribution < 1.29 is 27.4 Å². The van der Waals surface area contributed by atoms with E-state index in [1.807, 2.05) is 0 Å². The molecule has 0 amide bonds. The predicted molar refractivity (Wildman–Crippen MR) is 63.9 cm³/mol. The summed E-state index contributed by atoms with van der Waals surface area (Å²) in [7, 11) is 0. The summed E-state index contributed by atoms with van der Waals surface area (Å²) >= 11 is 0. The molecular weight excluding hydrogens is 278 g/mol. The minimum atomic E-state index is -4.32. The molecular formula is C13H15F4NO2. The fourth-order valence-corrected chi connectivity index (χ4v) is 1.81. The predicted octanol–water partition coefficient (Wildman–Crippen LogP) is 2.25. The summed E-state index contributed by atoms with van der Waals surface area (Å²) in [5.74, 6) is -0.620. The Hall–Kier alpha value is -1.34. The van der Waals surface area contributed by atoms with Crippen LogP contribution >= 0.6 is 0 Å². The molecule has 0 heterocycles. The van der Waals surface area contributed by atoms with Crippen LogP contribution in [0, 0.1) is 5.82 Å². The van der Waals surface area contributed by atoms with Gasteiger partial charge in [0.1, 0.15) is 18.2 Å². The molecule has 1 atom stereocenters. The van der Waals surface area contributed by atoms with Crippen LogP contribution in [0.5, 0.6) is 5.75 Å². The molecule has 2 N–H and O–H groups in total. The van der Waals surface area contributed by atoms with Crippen molar-refractivity contribution in [1.29, 1.82) is 0 Å². The van der Waals surface area contributed by atoms with Gasteiger partial charge in [-0.15, -0.1) is 0 Å². The van der Waals surface area contributed by atoms with Crippen LogP contribution in [0.1, 0.15) is 12.8 Å². The van der Waals surface area contributed by atoms with Crippen molar-refractivity contribution in [2.75, 3.05) is 13.2 Å². The summed E-state index contributed by atoms with van der Waals surface area (Å²) in [5, 5.41) is 11.9. The Morgan fingerprint density at radius 2 is 1.95 bits per heavy atom. The molecule has 7 heteroatoms. The van der Waals surface area contributed by atoms with Crippen molar-refractivity contribution in [1.82, 2.24) is 5.32 Å². The lowest BCUT2D eigenvalue weighted by Crippen LogP contribution is -2.48. The third-order valence-electron chi connectivity index (χ3n) is 3.24. The van der Waals surface area contributed by atoms with E-state index in [1.54, 1.807) is 6.07 Å². The van der Waals surface area contributed by atoms with Crippen LogP contribution < -0.4 is 10.1 Å². The molecule has 1 aromatic carbocycles. The maximum Gasteiger partial charge on any atom is 0.406 e. The average Bonchev–Trinajstić information content (AvgIpc) is 3.16. The van der Waals surface area contributed by atoms with Gasteiger partial charge in [-0.1, -0.05) is 12.1 Å². The SMILES string of the molecule is OC(CNC1(C(F)(F)F)CC1)COc1ccccc1F. The van der Waals surface area contributed by atoms with Crippen molar-refractivity contribution >= 4 is 0 Å². The van der Waals surface area contributed by atoms with Gasteiger partial charge in [-0.05, 0) is 25.0 Å². The van der Waals surface area contributed by atoms with Gasteiger partial charge in [0.2, 0.25) is 0 Å². The second-order valence-corrected chi connectivity index (χ2v) is 4.86. The first-order valence-electron chi connectivity index (χ1n) is 6.21. The van der Waals surface area contributed by atoms with Crippen molar-refractivity contribution in [2.45, 2.75) is 30.7 Å². The highest BCUT2D eigenvalue weighted by Crippen LogP contribution is 2.48. The summed E-state index contributed by atoms with van der Waals surface area (Å²) in [6.45, 7) is -0.532. The summed E-state index contributed by atoms with van der Waals surface area (Å²) < 4.78 is 56.1. The van der Waals surface area contributed by atoms with E-state index in [4.69, 9.17) is 4.74 Å². The summed E-state index contributed by atoms with van der Waals surface area (Å²) in [6, 6.07) is 5.63. The molecule has 20 heavy (non-hydrogen) atoms. The second-order valence-electron chi connectivity index (χ2n) is 4.86. The quantitative estimate of drug-likeness (QED) is 0.791. The molecule has 0 spiro atoms. The number of para-hydroxylation sites is 1. The largest absolute Gasteiger partial charge is 0.488 e. The monoisotopic (exact) mass is 293 g/mol. The van der Waals surface area contributed by atoms with Gasteiger partial charge in [-0.3, -0.25) is 0 Å². The molecule has 0 aromatic heterocycles. The first-order chi connectivity index (χ1) is 9.34. The Morgan fingerprint density at radius 1 is 1.30 bits per heavy atom. The normalized spacial score (nSPS) is 18.6. The van der Waals surface area contributed by atoms with E-state index in [1.165, 1.54) is 18.2 Å². The molecule has 1 aliphatic carbocycles. The molecule has 1 saturated carbocycles. The Kier molecular flexibility index (Phi) is 4.19. The molecule has 1 aliphatic rings. The van der Waals surface area contributed by atoms with Gasteiger partial charge >= 0.3 is 6.18 Å². The molecule has 1 unspecified atom stereocenters. The Balaban J connectivity index is 1.77. The van der Waals surface area contributed by atoms with E-state index in [9.17, 15) is 22.7 Å². The van der Waals surface area contributed by atoms with Crippen molar-refractivity contribution in [3.8, 4) is 5.75 Å². The third kappa shape index (κ3) is 3.40. The summed E-state index contributed by atoms with van der Waals surface area (Å²) in [4.78, 5) is 0. The minimum absolute atomic E-state index is 0.0113. The highest BCUT2D eigenvalue weighted by molar-refractivity contribution is 5.23. The molecule has 1 fully saturated rings. The van der Waals surface area contributed by atoms with Crippen molar-refractivity contribution in [3.63, 3.8) is 0 Å². The molecule has 1 aromatic rings. The third-order valence-corrected chi connectivity index (χ3v) is 3.24. The molecule has 0 radical (unpaired) electrons. The van der Waals surface area contributed by atoms with Gasteiger partial charge in [-0.2, -0.15) is 13.2 Å². The number of halogens is 4. The molecule has 0 saturated heterocycles. The molecule has 112 valence electrons. The highest BCUT2D eigenvalue weighted by Gasteiger charge is 2.63. The number of benzene rings is 1. The molecule has 3 nitrogen and oxygen atoms in total. The van der Waals surface area contributed by atoms with E-state index in [-0.39, 0.29) is 31.7 Å². The minimum Gasteiger partial charge on any atom is -0.488 e. The van der Waals surface area contributed by atoms with Crippen LogP contribution in [0.4, 0.5) is 17.6 Å². The van der Waals surface area contributed by atoms with Gasteiger partial charge in [0.15, 0.2) is 11.6 Å². The topological polar surface area (TPSA) is 41.5 Å². The second kappa shape index (κ2) is 5.57. The lowest BCUT2D eigenvalue weighted by molar-refractivity contribution is -0.166. The first kappa shape index (κ1) is 15.1. The van der Waals surface area contributed by atoms with Crippen LogP contribution in [0.2, 0.25) is 0 Å².